The molecule has 75 valence electrons. The highest BCUT2D eigenvalue weighted by molar-refractivity contribution is 5.40. The Morgan fingerprint density at radius 1 is 1.13 bits per heavy atom. The third kappa shape index (κ3) is 2.27. The molecule has 0 heteroatoms. The first-order chi connectivity index (χ1) is 7.18. The largest absolute Gasteiger partial charge is 0.0666 e. The second-order valence-corrected chi connectivity index (χ2v) is 4.36. The third-order valence-electron chi connectivity index (χ3n) is 2.66. The molecule has 0 N–H and O–H groups in total. The van der Waals surface area contributed by atoms with Gasteiger partial charge in [-0.15, -0.1) is 0 Å². The summed E-state index contributed by atoms with van der Waals surface area (Å²) < 4.78 is 0. The van der Waals surface area contributed by atoms with Gasteiger partial charge in [-0.05, 0) is 17.2 Å². The van der Waals surface area contributed by atoms with Crippen molar-refractivity contribution in [1.29, 1.82) is 0 Å². The lowest BCUT2D eigenvalue weighted by Crippen LogP contribution is -2.13. The molecule has 1 aliphatic rings. The molecule has 0 aromatic heterocycles. The lowest BCUT2D eigenvalue weighted by Gasteiger charge is -2.21. The Balaban J connectivity index is 2.31. The van der Waals surface area contributed by atoms with Gasteiger partial charge in [0.15, 0.2) is 0 Å². The Labute approximate surface area is 91.6 Å². The number of benzene rings is 1. The van der Waals surface area contributed by atoms with Crippen molar-refractivity contribution in [2.75, 3.05) is 0 Å². The molecule has 0 atom stereocenters. The highest BCUT2D eigenvalue weighted by atomic mass is 14.2. The molecule has 1 aromatic rings. The molecule has 2 rings (SSSR count). The molecule has 0 unspecified atom stereocenters. The van der Waals surface area contributed by atoms with Crippen LogP contribution in [0.5, 0.6) is 0 Å². The minimum Gasteiger partial charge on any atom is -0.0666 e. The van der Waals surface area contributed by atoms with Crippen LogP contribution in [0.1, 0.15) is 19.4 Å². The zero-order valence-corrected chi connectivity index (χ0v) is 9.20. The van der Waals surface area contributed by atoms with E-state index in [4.69, 9.17) is 0 Å². The lowest BCUT2D eigenvalue weighted by atomic mass is 9.83. The van der Waals surface area contributed by atoms with Crippen molar-refractivity contribution in [3.8, 4) is 0 Å². The zero-order valence-electron chi connectivity index (χ0n) is 9.20. The summed E-state index contributed by atoms with van der Waals surface area (Å²) in [4.78, 5) is 0. The Morgan fingerprint density at radius 2 is 1.87 bits per heavy atom. The van der Waals surface area contributed by atoms with Crippen molar-refractivity contribution >= 4 is 0 Å². The minimum absolute atomic E-state index is 0.0616. The van der Waals surface area contributed by atoms with E-state index in [9.17, 15) is 0 Å². The topological polar surface area (TPSA) is 0 Å². The molecule has 0 amide bonds. The third-order valence-corrected chi connectivity index (χ3v) is 2.66. The van der Waals surface area contributed by atoms with Gasteiger partial charge in [0, 0.05) is 5.41 Å². The van der Waals surface area contributed by atoms with E-state index in [1.165, 1.54) is 11.1 Å². The van der Waals surface area contributed by atoms with Crippen molar-refractivity contribution in [3.05, 3.63) is 71.8 Å². The van der Waals surface area contributed by atoms with E-state index >= 15 is 0 Å². The van der Waals surface area contributed by atoms with E-state index in [-0.39, 0.29) is 5.41 Å². The van der Waals surface area contributed by atoms with Gasteiger partial charge in [-0.3, -0.25) is 0 Å². The average Bonchev–Trinajstić information content (AvgIpc) is 2.71. The summed E-state index contributed by atoms with van der Waals surface area (Å²) in [5.74, 6) is 0. The molecule has 15 heavy (non-hydrogen) atoms. The molecule has 0 aliphatic heterocycles. The second-order valence-electron chi connectivity index (χ2n) is 4.36. The summed E-state index contributed by atoms with van der Waals surface area (Å²) in [5.41, 5.74) is 2.56. The summed E-state index contributed by atoms with van der Waals surface area (Å²) in [7, 11) is 0. The Morgan fingerprint density at radius 3 is 2.47 bits per heavy atom. The van der Waals surface area contributed by atoms with Crippen molar-refractivity contribution in [1.82, 2.24) is 0 Å². The highest BCUT2D eigenvalue weighted by Gasteiger charge is 2.17. The average molecular weight is 195 g/mol. The molecule has 1 radical (unpaired) electrons. The van der Waals surface area contributed by atoms with Crippen molar-refractivity contribution in [2.45, 2.75) is 19.3 Å². The zero-order chi connectivity index (χ0) is 10.7. The van der Waals surface area contributed by atoms with Crippen LogP contribution in [-0.2, 0) is 5.41 Å². The van der Waals surface area contributed by atoms with Crippen LogP contribution < -0.4 is 0 Å². The first-order valence-corrected chi connectivity index (χ1v) is 5.23. The molecule has 0 saturated carbocycles. The summed E-state index contributed by atoms with van der Waals surface area (Å²) in [6, 6.07) is 10.5. The van der Waals surface area contributed by atoms with Crippen molar-refractivity contribution < 1.29 is 0 Å². The predicted molar refractivity (Wildman–Crippen MR) is 64.5 cm³/mol. The van der Waals surface area contributed by atoms with E-state index in [1.807, 2.05) is 18.2 Å². The molecule has 0 nitrogen and oxygen atoms in total. The van der Waals surface area contributed by atoms with Gasteiger partial charge in [-0.1, -0.05) is 68.5 Å². The fraction of sp³-hybridized carbons (Fsp3) is 0.200. The molecule has 0 heterocycles. The highest BCUT2D eigenvalue weighted by Crippen LogP contribution is 2.26. The first kappa shape index (κ1) is 9.97. The lowest BCUT2D eigenvalue weighted by molar-refractivity contribution is 0.667. The molecule has 0 bridgehead atoms. The monoisotopic (exact) mass is 195 g/mol. The molecular formula is C15H15. The Kier molecular flexibility index (Phi) is 2.59. The Hall–Kier alpha value is -1.56. The van der Waals surface area contributed by atoms with Crippen molar-refractivity contribution in [2.24, 2.45) is 0 Å². The summed E-state index contributed by atoms with van der Waals surface area (Å²) in [6.07, 6.45) is 11.5. The van der Waals surface area contributed by atoms with Gasteiger partial charge < -0.3 is 0 Å². The summed E-state index contributed by atoms with van der Waals surface area (Å²) in [5, 5.41) is 0. The van der Waals surface area contributed by atoms with Gasteiger partial charge in [0.05, 0.1) is 0 Å². The maximum Gasteiger partial charge on any atom is 0.00845 e. The minimum atomic E-state index is 0.0616. The number of rotatable bonds is 2. The van der Waals surface area contributed by atoms with E-state index in [0.29, 0.717) is 0 Å². The quantitative estimate of drug-likeness (QED) is 0.673. The van der Waals surface area contributed by atoms with Gasteiger partial charge in [0.2, 0.25) is 0 Å². The first-order valence-electron chi connectivity index (χ1n) is 5.23. The fourth-order valence-electron chi connectivity index (χ4n) is 1.77. The van der Waals surface area contributed by atoms with Crippen LogP contribution in [-0.4, -0.2) is 0 Å². The second kappa shape index (κ2) is 3.90. The normalized spacial score (nSPS) is 17.6. The predicted octanol–water partition coefficient (Wildman–Crippen LogP) is 3.82. The van der Waals surface area contributed by atoms with E-state index in [1.54, 1.807) is 0 Å². The fourth-order valence-corrected chi connectivity index (χ4v) is 1.77. The Bertz CT molecular complexity index is 403. The molecule has 1 aromatic carbocycles. The maximum absolute atomic E-state index is 3.21. The van der Waals surface area contributed by atoms with E-state index in [2.05, 4.69) is 56.3 Å². The summed E-state index contributed by atoms with van der Waals surface area (Å²) >= 11 is 0. The number of allylic oxidation sites excluding steroid dienone is 6. The van der Waals surface area contributed by atoms with Gasteiger partial charge >= 0.3 is 0 Å². The van der Waals surface area contributed by atoms with Crippen LogP contribution in [0.3, 0.4) is 0 Å². The SMILES string of the molecule is CC(C)(C=C1[C]=CC=C1)c1ccccc1. The molecule has 1 aliphatic carbocycles. The maximum atomic E-state index is 3.21. The smallest absolute Gasteiger partial charge is 0.00845 e. The van der Waals surface area contributed by atoms with E-state index < -0.39 is 0 Å². The van der Waals surface area contributed by atoms with Gasteiger partial charge in [-0.25, -0.2) is 0 Å². The molecule has 0 spiro atoms. The molecule has 0 saturated heterocycles. The van der Waals surface area contributed by atoms with Gasteiger partial charge in [0.25, 0.3) is 0 Å². The van der Waals surface area contributed by atoms with E-state index in [0.717, 1.165) is 0 Å². The molecule has 0 fully saturated rings. The van der Waals surface area contributed by atoms with Crippen LogP contribution in [0, 0.1) is 6.08 Å². The number of hydrogen-bond donors (Lipinski definition) is 0. The van der Waals surface area contributed by atoms with Crippen LogP contribution in [0.25, 0.3) is 0 Å². The van der Waals surface area contributed by atoms with Gasteiger partial charge in [0.1, 0.15) is 0 Å². The summed E-state index contributed by atoms with van der Waals surface area (Å²) in [6.45, 7) is 4.45. The van der Waals surface area contributed by atoms with Crippen LogP contribution in [0.15, 0.2) is 60.2 Å². The van der Waals surface area contributed by atoms with Crippen LogP contribution in [0.4, 0.5) is 0 Å². The van der Waals surface area contributed by atoms with Crippen molar-refractivity contribution in [3.63, 3.8) is 0 Å². The molecular weight excluding hydrogens is 180 g/mol. The standard InChI is InChI=1S/C15H15/c1-15(2,12-13-8-6-7-9-13)14-10-4-3-5-11-14/h3-8,10-12H,1-2H3. The van der Waals surface area contributed by atoms with Gasteiger partial charge in [-0.2, -0.15) is 0 Å². The van der Waals surface area contributed by atoms with Crippen LogP contribution in [0.2, 0.25) is 0 Å². The number of hydrogen-bond acceptors (Lipinski definition) is 0. The van der Waals surface area contributed by atoms with Crippen LogP contribution >= 0.6 is 0 Å².